The molecule has 26 heavy (non-hydrogen) atoms. The molecule has 0 radical (unpaired) electrons. The van der Waals surface area contributed by atoms with Crippen LogP contribution in [0.1, 0.15) is 29.7 Å². The Kier molecular flexibility index (Phi) is 4.06. The number of nitrogens with zero attached hydrogens (tertiary/aromatic N) is 3. The standard InChI is InChI=1S/C19H19FN4O2/c1-12-6-7-13(10-15(12)20)21-17(25)11-23-8-9-24-18(19(23)26)14-4-2-3-5-16(14)22-24/h6-10H,2-5,11H2,1H3,(H,21,25). The smallest absolute Gasteiger partial charge is 0.277 e. The van der Waals surface area contributed by atoms with Crippen LogP contribution < -0.4 is 10.9 Å². The molecule has 7 heteroatoms. The van der Waals surface area contributed by atoms with E-state index in [1.165, 1.54) is 10.6 Å². The van der Waals surface area contributed by atoms with Gasteiger partial charge in [-0.25, -0.2) is 8.91 Å². The molecule has 0 unspecified atom stereocenters. The Balaban J connectivity index is 1.60. The lowest BCUT2D eigenvalue weighted by Gasteiger charge is -2.10. The minimum Gasteiger partial charge on any atom is -0.324 e. The number of amides is 1. The van der Waals surface area contributed by atoms with E-state index in [1.807, 2.05) is 0 Å². The highest BCUT2D eigenvalue weighted by Gasteiger charge is 2.20. The maximum absolute atomic E-state index is 13.6. The summed E-state index contributed by atoms with van der Waals surface area (Å²) < 4.78 is 16.6. The second-order valence-electron chi connectivity index (χ2n) is 6.67. The summed E-state index contributed by atoms with van der Waals surface area (Å²) >= 11 is 0. The zero-order valence-electron chi connectivity index (χ0n) is 14.5. The molecule has 0 aliphatic heterocycles. The van der Waals surface area contributed by atoms with E-state index in [1.54, 1.807) is 36.0 Å². The van der Waals surface area contributed by atoms with Crippen LogP contribution in [0.2, 0.25) is 0 Å². The van der Waals surface area contributed by atoms with E-state index in [0.717, 1.165) is 36.9 Å². The molecule has 3 aromatic rings. The van der Waals surface area contributed by atoms with Gasteiger partial charge < -0.3 is 9.88 Å². The molecule has 134 valence electrons. The summed E-state index contributed by atoms with van der Waals surface area (Å²) in [5.41, 5.74) is 3.18. The number of nitrogens with one attached hydrogen (secondary N) is 1. The maximum Gasteiger partial charge on any atom is 0.277 e. The summed E-state index contributed by atoms with van der Waals surface area (Å²) in [4.78, 5) is 25.1. The average Bonchev–Trinajstić information content (AvgIpc) is 3.00. The molecule has 0 bridgehead atoms. The lowest BCUT2D eigenvalue weighted by atomic mass is 9.97. The largest absolute Gasteiger partial charge is 0.324 e. The van der Waals surface area contributed by atoms with E-state index in [0.29, 0.717) is 16.8 Å². The normalized spacial score (nSPS) is 13.6. The molecule has 0 fully saturated rings. The number of benzene rings is 1. The number of hydrogen-bond acceptors (Lipinski definition) is 3. The van der Waals surface area contributed by atoms with Crippen LogP contribution in [0, 0.1) is 12.7 Å². The van der Waals surface area contributed by atoms with Gasteiger partial charge in [-0.3, -0.25) is 9.59 Å². The molecule has 0 spiro atoms. The molecule has 2 heterocycles. The van der Waals surface area contributed by atoms with Gasteiger partial charge in [0.1, 0.15) is 17.9 Å². The van der Waals surface area contributed by atoms with Crippen LogP contribution in [0.25, 0.3) is 5.52 Å². The van der Waals surface area contributed by atoms with Crippen LogP contribution in [-0.4, -0.2) is 20.1 Å². The van der Waals surface area contributed by atoms with Crippen molar-refractivity contribution in [3.05, 3.63) is 63.6 Å². The first-order valence-corrected chi connectivity index (χ1v) is 8.68. The minimum atomic E-state index is -0.382. The van der Waals surface area contributed by atoms with Crippen LogP contribution in [-0.2, 0) is 24.2 Å². The number of carbonyl (C=O) groups is 1. The maximum atomic E-state index is 13.6. The quantitative estimate of drug-likeness (QED) is 0.786. The minimum absolute atomic E-state index is 0.134. The molecule has 1 N–H and O–H groups in total. The summed E-state index contributed by atoms with van der Waals surface area (Å²) in [6, 6.07) is 4.50. The SMILES string of the molecule is Cc1ccc(NC(=O)Cn2ccn3nc4c(c3c2=O)CCCC4)cc1F. The Morgan fingerprint density at radius 2 is 2.08 bits per heavy atom. The number of hydrogen-bond donors (Lipinski definition) is 1. The molecule has 6 nitrogen and oxygen atoms in total. The first-order valence-electron chi connectivity index (χ1n) is 8.68. The zero-order valence-corrected chi connectivity index (χ0v) is 14.5. The Morgan fingerprint density at radius 1 is 1.27 bits per heavy atom. The van der Waals surface area contributed by atoms with Crippen molar-refractivity contribution in [2.24, 2.45) is 0 Å². The van der Waals surface area contributed by atoms with Crippen LogP contribution >= 0.6 is 0 Å². The van der Waals surface area contributed by atoms with Crippen molar-refractivity contribution >= 4 is 17.1 Å². The highest BCUT2D eigenvalue weighted by molar-refractivity contribution is 5.90. The Morgan fingerprint density at radius 3 is 2.88 bits per heavy atom. The summed E-state index contributed by atoms with van der Waals surface area (Å²) in [6.07, 6.45) is 7.11. The molecule has 1 aliphatic carbocycles. The van der Waals surface area contributed by atoms with Gasteiger partial charge in [-0.15, -0.1) is 0 Å². The van der Waals surface area contributed by atoms with Crippen molar-refractivity contribution < 1.29 is 9.18 Å². The number of halogens is 1. The fraction of sp³-hybridized carbons (Fsp3) is 0.316. The molecule has 0 saturated carbocycles. The van der Waals surface area contributed by atoms with E-state index in [9.17, 15) is 14.0 Å². The topological polar surface area (TPSA) is 68.4 Å². The number of aromatic nitrogens is 3. The molecule has 4 rings (SSSR count). The molecule has 2 aromatic heterocycles. The van der Waals surface area contributed by atoms with Gasteiger partial charge in [-0.1, -0.05) is 6.07 Å². The molecular formula is C19H19FN4O2. The first-order chi connectivity index (χ1) is 12.5. The van der Waals surface area contributed by atoms with E-state index < -0.39 is 0 Å². The van der Waals surface area contributed by atoms with Gasteiger partial charge in [0.25, 0.3) is 5.56 Å². The van der Waals surface area contributed by atoms with Gasteiger partial charge in [0, 0.05) is 23.6 Å². The molecule has 1 amide bonds. The lowest BCUT2D eigenvalue weighted by Crippen LogP contribution is -2.28. The van der Waals surface area contributed by atoms with Gasteiger partial charge in [-0.05, 0) is 50.3 Å². The second-order valence-corrected chi connectivity index (χ2v) is 6.67. The zero-order chi connectivity index (χ0) is 18.3. The third-order valence-corrected chi connectivity index (χ3v) is 4.80. The Bertz CT molecular complexity index is 1070. The van der Waals surface area contributed by atoms with Crippen LogP contribution in [0.4, 0.5) is 10.1 Å². The summed E-state index contributed by atoms with van der Waals surface area (Å²) in [5, 5.41) is 7.11. The average molecular weight is 354 g/mol. The first kappa shape index (κ1) is 16.5. The number of rotatable bonds is 3. The third kappa shape index (κ3) is 2.89. The van der Waals surface area contributed by atoms with Gasteiger partial charge in [0.2, 0.25) is 5.91 Å². The van der Waals surface area contributed by atoms with E-state index >= 15 is 0 Å². The van der Waals surface area contributed by atoms with Crippen LogP contribution in [0.3, 0.4) is 0 Å². The fourth-order valence-electron chi connectivity index (χ4n) is 3.41. The van der Waals surface area contributed by atoms with E-state index in [4.69, 9.17) is 0 Å². The highest BCUT2D eigenvalue weighted by atomic mass is 19.1. The summed E-state index contributed by atoms with van der Waals surface area (Å²) in [6.45, 7) is 1.52. The number of aryl methyl sites for hydroxylation is 3. The highest BCUT2D eigenvalue weighted by Crippen LogP contribution is 2.22. The lowest BCUT2D eigenvalue weighted by molar-refractivity contribution is -0.116. The van der Waals surface area contributed by atoms with Gasteiger partial charge >= 0.3 is 0 Å². The third-order valence-electron chi connectivity index (χ3n) is 4.80. The van der Waals surface area contributed by atoms with Crippen LogP contribution in [0.5, 0.6) is 0 Å². The van der Waals surface area contributed by atoms with Gasteiger partial charge in [0.05, 0.1) is 5.69 Å². The summed E-state index contributed by atoms with van der Waals surface area (Å²) in [7, 11) is 0. The Hall–Kier alpha value is -2.96. The number of anilines is 1. The molecule has 0 atom stereocenters. The van der Waals surface area contributed by atoms with Gasteiger partial charge in [0.15, 0.2) is 0 Å². The Labute approximate surface area is 149 Å². The monoisotopic (exact) mass is 354 g/mol. The second kappa shape index (κ2) is 6.40. The number of carbonyl (C=O) groups excluding carboxylic acids is 1. The van der Waals surface area contributed by atoms with Gasteiger partial charge in [-0.2, -0.15) is 5.10 Å². The van der Waals surface area contributed by atoms with Crippen molar-refractivity contribution in [2.45, 2.75) is 39.2 Å². The van der Waals surface area contributed by atoms with Crippen molar-refractivity contribution in [3.8, 4) is 0 Å². The van der Waals surface area contributed by atoms with Crippen LogP contribution in [0.15, 0.2) is 35.4 Å². The fourth-order valence-corrected chi connectivity index (χ4v) is 3.41. The van der Waals surface area contributed by atoms with E-state index in [2.05, 4.69) is 10.4 Å². The predicted molar refractivity (Wildman–Crippen MR) is 95.9 cm³/mol. The van der Waals surface area contributed by atoms with Crippen molar-refractivity contribution in [1.29, 1.82) is 0 Å². The molecule has 1 aliphatic rings. The predicted octanol–water partition coefficient (Wildman–Crippen LogP) is 2.46. The number of fused-ring (bicyclic) bond motifs is 3. The van der Waals surface area contributed by atoms with Crippen molar-refractivity contribution in [2.75, 3.05) is 5.32 Å². The molecule has 1 aromatic carbocycles. The van der Waals surface area contributed by atoms with Crippen molar-refractivity contribution in [1.82, 2.24) is 14.2 Å². The molecular weight excluding hydrogens is 335 g/mol. The summed E-state index contributed by atoms with van der Waals surface area (Å²) in [5.74, 6) is -0.764. The molecule has 0 saturated heterocycles. The van der Waals surface area contributed by atoms with Crippen molar-refractivity contribution in [3.63, 3.8) is 0 Å². The van der Waals surface area contributed by atoms with E-state index in [-0.39, 0.29) is 23.8 Å².